The average Bonchev–Trinajstić information content (AvgIpc) is 2.65. The van der Waals surface area contributed by atoms with Gasteiger partial charge in [-0.1, -0.05) is 6.07 Å². The van der Waals surface area contributed by atoms with Crippen molar-refractivity contribution in [3.63, 3.8) is 0 Å². The molecule has 0 heterocycles. The molecule has 3 rings (SSSR count). The highest BCUT2D eigenvalue weighted by Gasteiger charge is 2.43. The Kier molecular flexibility index (Phi) is 5.53. The Hall–Kier alpha value is -3.43. The maximum absolute atomic E-state index is 12.6. The number of carbonyl (C=O) groups excluding carboxylic acids is 3. The molecule has 0 radical (unpaired) electrons. The third-order valence-corrected chi connectivity index (χ3v) is 5.37. The molecule has 0 saturated heterocycles. The predicted octanol–water partition coefficient (Wildman–Crippen LogP) is 3.09. The molecule has 0 aliphatic heterocycles. The second-order valence-corrected chi connectivity index (χ2v) is 7.14. The highest BCUT2D eigenvalue weighted by atomic mass is 16.6. The van der Waals surface area contributed by atoms with E-state index in [1.54, 1.807) is 0 Å². The molecule has 0 unspecified atom stereocenters. The summed E-state index contributed by atoms with van der Waals surface area (Å²) < 4.78 is 0. The lowest BCUT2D eigenvalue weighted by Gasteiger charge is -2.31. The van der Waals surface area contributed by atoms with Gasteiger partial charge in [-0.05, 0) is 18.4 Å². The molecule has 10 nitrogen and oxygen atoms in total. The van der Waals surface area contributed by atoms with Crippen LogP contribution in [0.1, 0.15) is 50.0 Å². The standard InChI is InChI=1S/C19H18N2O8/c22-13-3-1-4-14(23)18(13)17(19-15(24)5-2-6-16(19)25)10-7-8-11(20(26)27)12(9-10)21(28)29/h7-9,17-18,24H,1-6H2/t17-/m0/s1. The Morgan fingerprint density at radius 2 is 1.48 bits per heavy atom. The molecular formula is C19H18N2O8. The van der Waals surface area contributed by atoms with Crippen molar-refractivity contribution in [2.24, 2.45) is 5.92 Å². The quantitative estimate of drug-likeness (QED) is 0.447. The molecule has 29 heavy (non-hydrogen) atoms. The fourth-order valence-electron chi connectivity index (χ4n) is 4.06. The van der Waals surface area contributed by atoms with Crippen molar-refractivity contribution in [2.45, 2.75) is 44.4 Å². The van der Waals surface area contributed by atoms with Crippen LogP contribution in [0, 0.1) is 26.1 Å². The second kappa shape index (κ2) is 7.90. The topological polar surface area (TPSA) is 158 Å². The van der Waals surface area contributed by atoms with Crippen LogP contribution in [0.4, 0.5) is 11.4 Å². The number of rotatable bonds is 5. The first-order chi connectivity index (χ1) is 13.7. The first-order valence-corrected chi connectivity index (χ1v) is 9.15. The van der Waals surface area contributed by atoms with E-state index >= 15 is 0 Å². The summed E-state index contributed by atoms with van der Waals surface area (Å²) in [5.74, 6) is -3.98. The number of Topliss-reactive ketones (excluding diaryl/α,β-unsaturated/α-hetero) is 3. The zero-order valence-corrected chi connectivity index (χ0v) is 15.3. The minimum atomic E-state index is -1.26. The van der Waals surface area contributed by atoms with Gasteiger partial charge in [0.05, 0.1) is 21.5 Å². The normalized spacial score (nSPS) is 19.4. The first-order valence-electron chi connectivity index (χ1n) is 9.15. The number of nitro groups is 2. The van der Waals surface area contributed by atoms with Crippen LogP contribution < -0.4 is 0 Å². The molecule has 1 aromatic rings. The molecule has 152 valence electrons. The summed E-state index contributed by atoms with van der Waals surface area (Å²) in [4.78, 5) is 58.4. The molecule has 10 heteroatoms. The van der Waals surface area contributed by atoms with Crippen molar-refractivity contribution >= 4 is 28.7 Å². The molecule has 0 spiro atoms. The summed E-state index contributed by atoms with van der Waals surface area (Å²) >= 11 is 0. The average molecular weight is 402 g/mol. The second-order valence-electron chi connectivity index (χ2n) is 7.14. The van der Waals surface area contributed by atoms with Crippen LogP contribution in [0.5, 0.6) is 0 Å². The largest absolute Gasteiger partial charge is 0.512 e. The summed E-state index contributed by atoms with van der Waals surface area (Å²) in [6, 6.07) is 3.04. The van der Waals surface area contributed by atoms with Gasteiger partial charge in [-0.15, -0.1) is 0 Å². The lowest BCUT2D eigenvalue weighted by molar-refractivity contribution is -0.422. The van der Waals surface area contributed by atoms with Gasteiger partial charge in [0.25, 0.3) is 0 Å². The minimum absolute atomic E-state index is 0.0488. The number of carbonyl (C=O) groups is 3. The third kappa shape index (κ3) is 3.78. The van der Waals surface area contributed by atoms with Crippen LogP contribution in [0.15, 0.2) is 29.5 Å². The SMILES string of the molecule is O=C1CCCC(O)=C1[C@@H](c1ccc([N+](=O)[O-])c([N+](=O)[O-])c1)C1C(=O)CCCC1=O. The smallest absolute Gasteiger partial charge is 0.346 e. The van der Waals surface area contributed by atoms with E-state index in [-0.39, 0.29) is 42.6 Å². The number of benzene rings is 1. The van der Waals surface area contributed by atoms with Crippen molar-refractivity contribution in [3.8, 4) is 0 Å². The van der Waals surface area contributed by atoms with Gasteiger partial charge in [0.2, 0.25) is 0 Å². The number of nitro benzene ring substituents is 2. The highest BCUT2D eigenvalue weighted by Crippen LogP contribution is 2.43. The molecule has 1 aromatic carbocycles. The summed E-state index contributed by atoms with van der Waals surface area (Å²) in [5, 5.41) is 32.8. The Labute approximate surface area is 164 Å². The van der Waals surface area contributed by atoms with Gasteiger partial charge in [-0.25, -0.2) is 0 Å². The molecule has 0 aromatic heterocycles. The van der Waals surface area contributed by atoms with Crippen LogP contribution in [-0.2, 0) is 14.4 Å². The van der Waals surface area contributed by atoms with Gasteiger partial charge in [-0.3, -0.25) is 34.6 Å². The Morgan fingerprint density at radius 3 is 2.03 bits per heavy atom. The van der Waals surface area contributed by atoms with Gasteiger partial charge >= 0.3 is 11.4 Å². The minimum Gasteiger partial charge on any atom is -0.512 e. The van der Waals surface area contributed by atoms with E-state index < -0.39 is 50.4 Å². The number of ketones is 3. The van der Waals surface area contributed by atoms with E-state index in [1.165, 1.54) is 6.07 Å². The molecule has 1 atom stereocenters. The van der Waals surface area contributed by atoms with Crippen LogP contribution in [0.3, 0.4) is 0 Å². The van der Waals surface area contributed by atoms with Gasteiger partial charge < -0.3 is 5.11 Å². The Bertz CT molecular complexity index is 949. The Balaban J connectivity index is 2.24. The monoisotopic (exact) mass is 402 g/mol. The van der Waals surface area contributed by atoms with Crippen molar-refractivity contribution < 1.29 is 29.3 Å². The van der Waals surface area contributed by atoms with E-state index in [1.807, 2.05) is 0 Å². The number of aliphatic hydroxyl groups excluding tert-OH is 1. The maximum atomic E-state index is 12.6. The predicted molar refractivity (Wildman–Crippen MR) is 98.4 cm³/mol. The summed E-state index contributed by atoms with van der Waals surface area (Å²) in [7, 11) is 0. The summed E-state index contributed by atoms with van der Waals surface area (Å²) in [6.45, 7) is 0. The Morgan fingerprint density at radius 1 is 0.897 bits per heavy atom. The molecule has 1 N–H and O–H groups in total. The number of hydrogen-bond acceptors (Lipinski definition) is 8. The van der Waals surface area contributed by atoms with Gasteiger partial charge in [0, 0.05) is 49.3 Å². The first kappa shape index (κ1) is 20.3. The lowest BCUT2D eigenvalue weighted by atomic mass is 9.69. The van der Waals surface area contributed by atoms with Crippen molar-refractivity contribution in [3.05, 3.63) is 55.3 Å². The van der Waals surface area contributed by atoms with Crippen LogP contribution in [0.2, 0.25) is 0 Å². The van der Waals surface area contributed by atoms with Crippen molar-refractivity contribution in [2.75, 3.05) is 0 Å². The number of allylic oxidation sites excluding steroid dienone is 2. The molecule has 0 bridgehead atoms. The van der Waals surface area contributed by atoms with Gasteiger partial charge in [0.15, 0.2) is 5.78 Å². The fourth-order valence-corrected chi connectivity index (χ4v) is 4.06. The van der Waals surface area contributed by atoms with Gasteiger partial charge in [-0.2, -0.15) is 0 Å². The van der Waals surface area contributed by atoms with E-state index in [2.05, 4.69) is 0 Å². The maximum Gasteiger partial charge on any atom is 0.346 e. The van der Waals surface area contributed by atoms with Crippen LogP contribution in [0.25, 0.3) is 0 Å². The van der Waals surface area contributed by atoms with Crippen LogP contribution >= 0.6 is 0 Å². The third-order valence-electron chi connectivity index (χ3n) is 5.37. The van der Waals surface area contributed by atoms with Gasteiger partial charge in [0.1, 0.15) is 11.6 Å². The zero-order valence-electron chi connectivity index (χ0n) is 15.3. The van der Waals surface area contributed by atoms with Crippen molar-refractivity contribution in [1.82, 2.24) is 0 Å². The fraction of sp³-hybridized carbons (Fsp3) is 0.421. The number of nitrogens with zero attached hydrogens (tertiary/aromatic N) is 2. The molecule has 2 aliphatic rings. The molecule has 1 saturated carbocycles. The van der Waals surface area contributed by atoms with Crippen LogP contribution in [-0.4, -0.2) is 32.3 Å². The number of aliphatic hydroxyl groups is 1. The van der Waals surface area contributed by atoms with E-state index in [4.69, 9.17) is 0 Å². The number of hydrogen-bond donors (Lipinski definition) is 1. The molecule has 2 aliphatic carbocycles. The van der Waals surface area contributed by atoms with E-state index in [9.17, 15) is 39.7 Å². The highest BCUT2D eigenvalue weighted by molar-refractivity contribution is 6.08. The van der Waals surface area contributed by atoms with E-state index in [0.29, 0.717) is 12.8 Å². The lowest BCUT2D eigenvalue weighted by Crippen LogP contribution is -2.37. The molecule has 0 amide bonds. The molecular weight excluding hydrogens is 384 g/mol. The van der Waals surface area contributed by atoms with E-state index in [0.717, 1.165) is 12.1 Å². The summed E-state index contributed by atoms with van der Waals surface area (Å²) in [5.41, 5.74) is -1.61. The zero-order chi connectivity index (χ0) is 21.3. The molecule has 1 fully saturated rings. The van der Waals surface area contributed by atoms with Crippen molar-refractivity contribution in [1.29, 1.82) is 0 Å². The summed E-state index contributed by atoms with van der Waals surface area (Å²) in [6.07, 6.45) is 1.31.